The molecule has 1 heterocycles. The van der Waals surface area contributed by atoms with E-state index in [1.807, 2.05) is 0 Å². The average Bonchev–Trinajstić information content (AvgIpc) is 2.37. The second kappa shape index (κ2) is 2.66. The van der Waals surface area contributed by atoms with Gasteiger partial charge in [0.25, 0.3) is 0 Å². The van der Waals surface area contributed by atoms with Crippen LogP contribution in [0, 0.1) is 0 Å². The highest BCUT2D eigenvalue weighted by Crippen LogP contribution is 2.08. The number of rotatable bonds is 0. The zero-order valence-corrected chi connectivity index (χ0v) is 4.97. The number of carbonyl (C=O) groups is 1. The molecule has 0 spiro atoms. The Hall–Kier alpha value is -0.800. The Morgan fingerprint density at radius 1 is 1.44 bits per heavy atom. The summed E-state index contributed by atoms with van der Waals surface area (Å²) in [5.74, 6) is 0. The number of carbonyl (C=O) groups excluding carboxylic acids is 1. The monoisotopic (exact) mass is 133 g/mol. The maximum atomic E-state index is 11.1. The van der Waals surface area contributed by atoms with Crippen LogP contribution >= 0.6 is 0 Å². The summed E-state index contributed by atoms with van der Waals surface area (Å²) >= 11 is 0. The standard InChI is InChI=1S/C5H8FNO2/c6-9-5(8)7-3-1-2-4-7/h1-4H2. The number of amides is 1. The Bertz CT molecular complexity index is 112. The molecule has 1 rings (SSSR count). The van der Waals surface area contributed by atoms with E-state index in [1.54, 1.807) is 0 Å². The van der Waals surface area contributed by atoms with Crippen LogP contribution in [0.4, 0.5) is 9.32 Å². The van der Waals surface area contributed by atoms with E-state index in [1.165, 1.54) is 4.90 Å². The highest BCUT2D eigenvalue weighted by molar-refractivity contribution is 5.67. The van der Waals surface area contributed by atoms with Gasteiger partial charge in [-0.1, -0.05) is 0 Å². The molecule has 1 amide bonds. The molecule has 1 aliphatic rings. The van der Waals surface area contributed by atoms with E-state index in [4.69, 9.17) is 0 Å². The Morgan fingerprint density at radius 2 is 2.00 bits per heavy atom. The van der Waals surface area contributed by atoms with Crippen LogP contribution in [-0.2, 0) is 4.94 Å². The summed E-state index contributed by atoms with van der Waals surface area (Å²) in [6.07, 6.45) is 1.05. The molecule has 9 heavy (non-hydrogen) atoms. The molecular formula is C5H8FNO2. The lowest BCUT2D eigenvalue weighted by molar-refractivity contribution is -0.0773. The van der Waals surface area contributed by atoms with Gasteiger partial charge in [0, 0.05) is 17.6 Å². The van der Waals surface area contributed by atoms with Gasteiger partial charge in [-0.05, 0) is 12.8 Å². The van der Waals surface area contributed by atoms with Gasteiger partial charge < -0.3 is 4.90 Å². The summed E-state index contributed by atoms with van der Waals surface area (Å²) in [5, 5.41) is 0. The summed E-state index contributed by atoms with van der Waals surface area (Å²) in [7, 11) is 0. The van der Waals surface area contributed by atoms with Crippen molar-refractivity contribution < 1.29 is 14.3 Å². The third-order valence-corrected chi connectivity index (χ3v) is 1.43. The third-order valence-electron chi connectivity index (χ3n) is 1.43. The van der Waals surface area contributed by atoms with Crippen molar-refractivity contribution >= 4 is 6.09 Å². The molecule has 0 aromatic carbocycles. The maximum Gasteiger partial charge on any atom is 0.447 e. The van der Waals surface area contributed by atoms with Crippen LogP contribution < -0.4 is 0 Å². The molecule has 0 aromatic heterocycles. The quantitative estimate of drug-likeness (QED) is 0.495. The summed E-state index contributed by atoms with van der Waals surface area (Å²) in [5.41, 5.74) is 0. The van der Waals surface area contributed by atoms with E-state index >= 15 is 0 Å². The number of halogens is 1. The van der Waals surface area contributed by atoms with Crippen molar-refractivity contribution in [1.29, 1.82) is 0 Å². The SMILES string of the molecule is O=C(OF)N1CCCC1. The van der Waals surface area contributed by atoms with Gasteiger partial charge in [0.2, 0.25) is 0 Å². The van der Waals surface area contributed by atoms with E-state index < -0.39 is 6.09 Å². The predicted molar refractivity (Wildman–Crippen MR) is 28.4 cm³/mol. The van der Waals surface area contributed by atoms with Gasteiger partial charge in [0.05, 0.1) is 0 Å². The summed E-state index contributed by atoms with van der Waals surface area (Å²) < 4.78 is 11.1. The Labute approximate surface area is 52.3 Å². The van der Waals surface area contributed by atoms with Crippen molar-refractivity contribution in [2.45, 2.75) is 12.8 Å². The van der Waals surface area contributed by atoms with Crippen LogP contribution in [0.3, 0.4) is 0 Å². The van der Waals surface area contributed by atoms with Crippen molar-refractivity contribution in [3.05, 3.63) is 0 Å². The van der Waals surface area contributed by atoms with Gasteiger partial charge >= 0.3 is 6.09 Å². The molecule has 52 valence electrons. The molecule has 0 bridgehead atoms. The molecule has 1 saturated heterocycles. The van der Waals surface area contributed by atoms with Crippen molar-refractivity contribution in [3.8, 4) is 0 Å². The van der Waals surface area contributed by atoms with Gasteiger partial charge in [-0.3, -0.25) is 0 Å². The summed E-state index contributed by atoms with van der Waals surface area (Å²) in [6, 6.07) is 0. The maximum absolute atomic E-state index is 11.1. The van der Waals surface area contributed by atoms with Crippen LogP contribution in [0.2, 0.25) is 0 Å². The van der Waals surface area contributed by atoms with Gasteiger partial charge in [0.1, 0.15) is 0 Å². The molecule has 0 atom stereocenters. The largest absolute Gasteiger partial charge is 0.447 e. The summed E-state index contributed by atoms with van der Waals surface area (Å²) in [4.78, 5) is 14.7. The second-order valence-electron chi connectivity index (χ2n) is 2.04. The highest BCUT2D eigenvalue weighted by Gasteiger charge is 2.19. The van der Waals surface area contributed by atoms with Crippen molar-refractivity contribution in [3.63, 3.8) is 0 Å². The van der Waals surface area contributed by atoms with Gasteiger partial charge in [0.15, 0.2) is 0 Å². The van der Waals surface area contributed by atoms with Crippen molar-refractivity contribution in [2.75, 3.05) is 13.1 Å². The molecule has 4 heteroatoms. The van der Waals surface area contributed by atoms with Crippen LogP contribution in [0.5, 0.6) is 0 Å². The minimum atomic E-state index is -0.854. The number of likely N-dealkylation sites (tertiary alicyclic amines) is 1. The third kappa shape index (κ3) is 1.31. The Balaban J connectivity index is 2.32. The first-order valence-corrected chi connectivity index (χ1v) is 2.92. The molecule has 0 unspecified atom stereocenters. The zero-order valence-electron chi connectivity index (χ0n) is 4.97. The van der Waals surface area contributed by atoms with E-state index in [-0.39, 0.29) is 0 Å². The predicted octanol–water partition coefficient (Wildman–Crippen LogP) is 1.10. The normalized spacial score (nSPS) is 18.1. The molecule has 0 saturated carbocycles. The molecule has 0 radical (unpaired) electrons. The van der Waals surface area contributed by atoms with Gasteiger partial charge in [-0.15, -0.1) is 0 Å². The second-order valence-corrected chi connectivity index (χ2v) is 2.04. The molecule has 0 aliphatic carbocycles. The first-order valence-electron chi connectivity index (χ1n) is 2.92. The molecule has 0 N–H and O–H groups in total. The Morgan fingerprint density at radius 3 is 2.44 bits per heavy atom. The zero-order chi connectivity index (χ0) is 6.69. The van der Waals surface area contributed by atoms with Crippen LogP contribution in [0.1, 0.15) is 12.8 Å². The average molecular weight is 133 g/mol. The van der Waals surface area contributed by atoms with Crippen LogP contribution in [0.25, 0.3) is 0 Å². The number of nitrogens with zero attached hydrogens (tertiary/aromatic N) is 1. The molecule has 1 fully saturated rings. The Kier molecular flexibility index (Phi) is 1.87. The lowest BCUT2D eigenvalue weighted by Crippen LogP contribution is -2.26. The highest BCUT2D eigenvalue weighted by atomic mass is 19.3. The van der Waals surface area contributed by atoms with Crippen LogP contribution in [-0.4, -0.2) is 24.1 Å². The number of hydrogen-bond donors (Lipinski definition) is 0. The van der Waals surface area contributed by atoms with Crippen molar-refractivity contribution in [1.82, 2.24) is 4.90 Å². The van der Waals surface area contributed by atoms with E-state index in [9.17, 15) is 9.32 Å². The smallest absolute Gasteiger partial charge is 0.306 e. The fourth-order valence-corrected chi connectivity index (χ4v) is 0.949. The number of hydrogen-bond acceptors (Lipinski definition) is 2. The first kappa shape index (κ1) is 6.32. The lowest BCUT2D eigenvalue weighted by Gasteiger charge is -2.08. The molecule has 1 aliphatic heterocycles. The topological polar surface area (TPSA) is 29.5 Å². The van der Waals surface area contributed by atoms with Crippen LogP contribution in [0.15, 0.2) is 0 Å². The molecular weight excluding hydrogens is 125 g/mol. The van der Waals surface area contributed by atoms with E-state index in [2.05, 4.69) is 4.94 Å². The van der Waals surface area contributed by atoms with Crippen molar-refractivity contribution in [2.24, 2.45) is 0 Å². The fraction of sp³-hybridized carbons (Fsp3) is 0.800. The fourth-order valence-electron chi connectivity index (χ4n) is 0.949. The van der Waals surface area contributed by atoms with Gasteiger partial charge in [-0.25, -0.2) is 9.74 Å². The molecule has 3 nitrogen and oxygen atoms in total. The lowest BCUT2D eigenvalue weighted by atomic mass is 10.4. The van der Waals surface area contributed by atoms with E-state index in [0.29, 0.717) is 13.1 Å². The summed E-state index contributed by atoms with van der Waals surface area (Å²) in [6.45, 7) is 1.26. The minimum Gasteiger partial charge on any atom is -0.306 e. The molecule has 0 aromatic rings. The first-order chi connectivity index (χ1) is 4.34. The van der Waals surface area contributed by atoms with Gasteiger partial charge in [-0.2, -0.15) is 0 Å². The van der Waals surface area contributed by atoms with E-state index in [0.717, 1.165) is 12.8 Å². The minimum absolute atomic E-state index is 0.628.